The summed E-state index contributed by atoms with van der Waals surface area (Å²) in [6.45, 7) is 4.64. The van der Waals surface area contributed by atoms with Crippen LogP contribution in [0, 0.1) is 0 Å². The molecule has 3 rings (SSSR count). The standard InChI is InChI=1S/C16H20N2O/c1-16(19)8-4-10-18(12-16)11-13-7-9-17-15-6-3-2-5-14(13)15/h2-3,5-7,9,19H,4,8,10-12H2,1H3. The number of aliphatic hydroxyl groups is 1. The fourth-order valence-electron chi connectivity index (χ4n) is 2.99. The second-order valence-electron chi connectivity index (χ2n) is 5.80. The third kappa shape index (κ3) is 2.77. The molecule has 1 aliphatic heterocycles. The quantitative estimate of drug-likeness (QED) is 0.897. The number of piperidine rings is 1. The van der Waals surface area contributed by atoms with Crippen molar-refractivity contribution in [3.8, 4) is 0 Å². The molecule has 1 unspecified atom stereocenters. The molecule has 1 atom stereocenters. The van der Waals surface area contributed by atoms with Crippen LogP contribution in [0.25, 0.3) is 10.9 Å². The molecular weight excluding hydrogens is 236 g/mol. The predicted octanol–water partition coefficient (Wildman–Crippen LogP) is 2.58. The van der Waals surface area contributed by atoms with Gasteiger partial charge in [-0.05, 0) is 44.0 Å². The maximum atomic E-state index is 10.2. The summed E-state index contributed by atoms with van der Waals surface area (Å²) >= 11 is 0. The highest BCUT2D eigenvalue weighted by Crippen LogP contribution is 2.24. The molecule has 1 aliphatic rings. The first kappa shape index (κ1) is 12.6. The highest BCUT2D eigenvalue weighted by molar-refractivity contribution is 5.81. The molecule has 0 spiro atoms. The highest BCUT2D eigenvalue weighted by Gasteiger charge is 2.28. The highest BCUT2D eigenvalue weighted by atomic mass is 16.3. The Morgan fingerprint density at radius 3 is 3.00 bits per heavy atom. The van der Waals surface area contributed by atoms with Crippen LogP contribution < -0.4 is 0 Å². The van der Waals surface area contributed by atoms with Gasteiger partial charge < -0.3 is 5.11 Å². The maximum absolute atomic E-state index is 10.2. The van der Waals surface area contributed by atoms with Crippen molar-refractivity contribution in [3.05, 3.63) is 42.1 Å². The number of pyridine rings is 1. The second kappa shape index (κ2) is 4.91. The number of aromatic nitrogens is 1. The molecule has 100 valence electrons. The molecule has 1 saturated heterocycles. The van der Waals surface area contributed by atoms with Crippen molar-refractivity contribution in [1.29, 1.82) is 0 Å². The lowest BCUT2D eigenvalue weighted by atomic mass is 9.94. The number of hydrogen-bond donors (Lipinski definition) is 1. The number of rotatable bonds is 2. The van der Waals surface area contributed by atoms with Crippen LogP contribution in [0.2, 0.25) is 0 Å². The van der Waals surface area contributed by atoms with E-state index >= 15 is 0 Å². The van der Waals surface area contributed by atoms with Gasteiger partial charge in [-0.2, -0.15) is 0 Å². The molecule has 3 nitrogen and oxygen atoms in total. The van der Waals surface area contributed by atoms with E-state index in [0.29, 0.717) is 0 Å². The lowest BCUT2D eigenvalue weighted by Gasteiger charge is -2.37. The Morgan fingerprint density at radius 2 is 2.16 bits per heavy atom. The van der Waals surface area contributed by atoms with Gasteiger partial charge in [0.1, 0.15) is 0 Å². The van der Waals surface area contributed by atoms with Crippen LogP contribution >= 0.6 is 0 Å². The molecule has 0 saturated carbocycles. The molecule has 1 N–H and O–H groups in total. The number of benzene rings is 1. The SMILES string of the molecule is CC1(O)CCCN(Cc2ccnc3ccccc23)C1. The van der Waals surface area contributed by atoms with Gasteiger partial charge in [-0.3, -0.25) is 9.88 Å². The van der Waals surface area contributed by atoms with Crippen molar-refractivity contribution in [2.45, 2.75) is 31.9 Å². The van der Waals surface area contributed by atoms with Gasteiger partial charge in [-0.1, -0.05) is 18.2 Å². The van der Waals surface area contributed by atoms with E-state index in [9.17, 15) is 5.11 Å². The van der Waals surface area contributed by atoms with Crippen LogP contribution in [-0.4, -0.2) is 33.7 Å². The summed E-state index contributed by atoms with van der Waals surface area (Å²) in [5, 5.41) is 11.4. The fourth-order valence-corrected chi connectivity index (χ4v) is 2.99. The molecule has 2 heterocycles. The first-order chi connectivity index (χ1) is 9.14. The monoisotopic (exact) mass is 256 g/mol. The average molecular weight is 256 g/mol. The van der Waals surface area contributed by atoms with Crippen LogP contribution in [0.3, 0.4) is 0 Å². The topological polar surface area (TPSA) is 36.4 Å². The Hall–Kier alpha value is -1.45. The maximum Gasteiger partial charge on any atom is 0.0746 e. The Bertz CT molecular complexity index is 574. The summed E-state index contributed by atoms with van der Waals surface area (Å²) in [4.78, 5) is 6.73. The van der Waals surface area contributed by atoms with Gasteiger partial charge >= 0.3 is 0 Å². The van der Waals surface area contributed by atoms with Crippen LogP contribution in [0.4, 0.5) is 0 Å². The lowest BCUT2D eigenvalue weighted by molar-refractivity contribution is -0.0180. The predicted molar refractivity (Wildman–Crippen MR) is 76.9 cm³/mol. The molecule has 1 fully saturated rings. The van der Waals surface area contributed by atoms with Crippen LogP contribution in [0.5, 0.6) is 0 Å². The van der Waals surface area contributed by atoms with Crippen molar-refractivity contribution in [1.82, 2.24) is 9.88 Å². The Labute approximate surface area is 113 Å². The number of β-amino-alcohol motifs (C(OH)–C–C–N with tert-alkyl or cyclic N) is 1. The zero-order valence-corrected chi connectivity index (χ0v) is 11.3. The first-order valence-electron chi connectivity index (χ1n) is 6.91. The normalized spacial score (nSPS) is 24.7. The van der Waals surface area contributed by atoms with E-state index in [4.69, 9.17) is 0 Å². The Morgan fingerprint density at radius 1 is 1.32 bits per heavy atom. The van der Waals surface area contributed by atoms with E-state index < -0.39 is 5.60 Å². The molecule has 2 aromatic rings. The molecule has 0 amide bonds. The van der Waals surface area contributed by atoms with Crippen molar-refractivity contribution in [3.63, 3.8) is 0 Å². The summed E-state index contributed by atoms with van der Waals surface area (Å²) < 4.78 is 0. The fraction of sp³-hybridized carbons (Fsp3) is 0.438. The molecule has 1 aromatic heterocycles. The summed E-state index contributed by atoms with van der Waals surface area (Å²) in [6, 6.07) is 10.3. The van der Waals surface area contributed by atoms with Gasteiger partial charge in [0.15, 0.2) is 0 Å². The van der Waals surface area contributed by atoms with E-state index in [-0.39, 0.29) is 0 Å². The van der Waals surface area contributed by atoms with Gasteiger partial charge in [0.25, 0.3) is 0 Å². The summed E-state index contributed by atoms with van der Waals surface area (Å²) in [7, 11) is 0. The van der Waals surface area contributed by atoms with Crippen molar-refractivity contribution in [2.24, 2.45) is 0 Å². The smallest absolute Gasteiger partial charge is 0.0746 e. The third-order valence-electron chi connectivity index (χ3n) is 3.89. The second-order valence-corrected chi connectivity index (χ2v) is 5.80. The minimum absolute atomic E-state index is 0.541. The Kier molecular flexibility index (Phi) is 3.25. The molecule has 0 aliphatic carbocycles. The van der Waals surface area contributed by atoms with E-state index in [1.165, 1.54) is 10.9 Å². The van der Waals surface area contributed by atoms with Gasteiger partial charge in [-0.15, -0.1) is 0 Å². The zero-order chi connectivity index (χ0) is 13.3. The zero-order valence-electron chi connectivity index (χ0n) is 11.3. The Balaban J connectivity index is 1.85. The summed E-state index contributed by atoms with van der Waals surface area (Å²) in [5.74, 6) is 0. The van der Waals surface area contributed by atoms with Gasteiger partial charge in [0.05, 0.1) is 11.1 Å². The van der Waals surface area contributed by atoms with Crippen molar-refractivity contribution >= 4 is 10.9 Å². The first-order valence-corrected chi connectivity index (χ1v) is 6.91. The van der Waals surface area contributed by atoms with Gasteiger partial charge in [0, 0.05) is 24.7 Å². The molecule has 0 radical (unpaired) electrons. The minimum Gasteiger partial charge on any atom is -0.389 e. The molecule has 19 heavy (non-hydrogen) atoms. The molecule has 1 aromatic carbocycles. The van der Waals surface area contributed by atoms with E-state index in [1.807, 2.05) is 25.3 Å². The minimum atomic E-state index is -0.541. The largest absolute Gasteiger partial charge is 0.389 e. The molecule has 0 bridgehead atoms. The van der Waals surface area contributed by atoms with Gasteiger partial charge in [-0.25, -0.2) is 0 Å². The number of fused-ring (bicyclic) bond motifs is 1. The van der Waals surface area contributed by atoms with Gasteiger partial charge in [0.2, 0.25) is 0 Å². The number of hydrogen-bond acceptors (Lipinski definition) is 3. The van der Waals surface area contributed by atoms with Crippen molar-refractivity contribution in [2.75, 3.05) is 13.1 Å². The van der Waals surface area contributed by atoms with Crippen molar-refractivity contribution < 1.29 is 5.11 Å². The lowest BCUT2D eigenvalue weighted by Crippen LogP contribution is -2.45. The third-order valence-corrected chi connectivity index (χ3v) is 3.89. The van der Waals surface area contributed by atoms with E-state index in [1.54, 1.807) is 0 Å². The number of para-hydroxylation sites is 1. The van der Waals surface area contributed by atoms with Crippen LogP contribution in [0.15, 0.2) is 36.5 Å². The number of nitrogens with zero attached hydrogens (tertiary/aromatic N) is 2. The van der Waals surface area contributed by atoms with E-state index in [0.717, 1.165) is 38.0 Å². The van der Waals surface area contributed by atoms with Crippen LogP contribution in [-0.2, 0) is 6.54 Å². The number of likely N-dealkylation sites (tertiary alicyclic amines) is 1. The summed E-state index contributed by atoms with van der Waals surface area (Å²) in [5.41, 5.74) is 1.80. The average Bonchev–Trinajstić information content (AvgIpc) is 2.38. The molecule has 3 heteroatoms. The van der Waals surface area contributed by atoms with Crippen LogP contribution in [0.1, 0.15) is 25.3 Å². The molecular formula is C16H20N2O. The van der Waals surface area contributed by atoms with E-state index in [2.05, 4.69) is 28.1 Å². The summed E-state index contributed by atoms with van der Waals surface area (Å²) in [6.07, 6.45) is 3.84.